The molecule has 0 aliphatic carbocycles. The fraction of sp³-hybridized carbons (Fsp3) is 0.0833. The molecule has 2 aromatic carbocycles. The third-order valence-electron chi connectivity index (χ3n) is 5.26. The highest BCUT2D eigenvalue weighted by atomic mass is 16.5. The van der Waals surface area contributed by atoms with Crippen LogP contribution in [0.2, 0.25) is 0 Å². The Bertz CT molecular complexity index is 1480. The van der Waals surface area contributed by atoms with Crippen LogP contribution in [0.25, 0.3) is 21.9 Å². The van der Waals surface area contributed by atoms with E-state index in [4.69, 9.17) is 9.05 Å². The van der Waals surface area contributed by atoms with Gasteiger partial charge in [-0.15, -0.1) is 0 Å². The fourth-order valence-corrected chi connectivity index (χ4v) is 3.62. The number of aryl methyl sites for hydroxylation is 1. The number of carbonyl (C=O) groups excluding carboxylic acids is 1. The third-order valence-corrected chi connectivity index (χ3v) is 5.26. The molecule has 0 aliphatic rings. The number of hydrogen-bond donors (Lipinski definition) is 1. The van der Waals surface area contributed by atoms with E-state index in [0.29, 0.717) is 23.3 Å². The quantitative estimate of drug-likeness (QED) is 0.451. The van der Waals surface area contributed by atoms with Gasteiger partial charge in [-0.1, -0.05) is 28.5 Å². The number of hydrogen-bond acceptors (Lipinski definition) is 6. The molecule has 8 heteroatoms. The first-order chi connectivity index (χ1) is 15.6. The van der Waals surface area contributed by atoms with Gasteiger partial charge in [-0.25, -0.2) is 0 Å². The summed E-state index contributed by atoms with van der Waals surface area (Å²) in [5, 5.41) is 11.7. The molecule has 8 nitrogen and oxygen atoms in total. The summed E-state index contributed by atoms with van der Waals surface area (Å²) >= 11 is 0. The van der Waals surface area contributed by atoms with Gasteiger partial charge in [0, 0.05) is 28.8 Å². The van der Waals surface area contributed by atoms with Crippen molar-refractivity contribution in [2.75, 3.05) is 5.32 Å². The molecule has 0 bridgehead atoms. The Morgan fingerprint density at radius 2 is 1.97 bits per heavy atom. The number of nitrogens with one attached hydrogen (secondary N) is 1. The maximum Gasteiger partial charge on any atom is 0.258 e. The number of fused-ring (bicyclic) bond motifs is 1. The third kappa shape index (κ3) is 3.69. The molecule has 0 aliphatic heterocycles. The summed E-state index contributed by atoms with van der Waals surface area (Å²) in [6.45, 7) is 2.22. The minimum absolute atomic E-state index is 0.103. The maximum absolute atomic E-state index is 13.1. The molecule has 0 saturated heterocycles. The van der Waals surface area contributed by atoms with Gasteiger partial charge in [0.1, 0.15) is 12.5 Å². The SMILES string of the molecule is Cc1nocc1-c1ccc2c(=O)n(Cc3cccc(C(=O)Nc4ccon4)c3)ccc2c1. The van der Waals surface area contributed by atoms with E-state index in [9.17, 15) is 9.59 Å². The van der Waals surface area contributed by atoms with Crippen molar-refractivity contribution in [1.82, 2.24) is 14.9 Å². The molecule has 0 spiro atoms. The molecule has 3 aromatic heterocycles. The van der Waals surface area contributed by atoms with Crippen molar-refractivity contribution < 1.29 is 13.8 Å². The lowest BCUT2D eigenvalue weighted by Gasteiger charge is -2.10. The number of amides is 1. The number of rotatable bonds is 5. The summed E-state index contributed by atoms with van der Waals surface area (Å²) in [6, 6.07) is 16.3. The number of nitrogens with zero attached hydrogens (tertiary/aromatic N) is 3. The number of aromatic nitrogens is 3. The highest BCUT2D eigenvalue weighted by Gasteiger charge is 2.11. The molecule has 0 radical (unpaired) electrons. The van der Waals surface area contributed by atoms with Gasteiger partial charge < -0.3 is 18.9 Å². The van der Waals surface area contributed by atoms with E-state index in [1.165, 1.54) is 6.26 Å². The van der Waals surface area contributed by atoms with Gasteiger partial charge in [-0.3, -0.25) is 9.59 Å². The zero-order valence-corrected chi connectivity index (χ0v) is 17.1. The van der Waals surface area contributed by atoms with Gasteiger partial charge in [0.25, 0.3) is 11.5 Å². The van der Waals surface area contributed by atoms with Crippen molar-refractivity contribution in [2.24, 2.45) is 0 Å². The Kier molecular flexibility index (Phi) is 4.87. The Hall–Kier alpha value is -4.46. The average Bonchev–Trinajstić information content (AvgIpc) is 3.47. The first-order valence-electron chi connectivity index (χ1n) is 9.94. The van der Waals surface area contributed by atoms with Crippen molar-refractivity contribution in [2.45, 2.75) is 13.5 Å². The van der Waals surface area contributed by atoms with Crippen molar-refractivity contribution in [3.63, 3.8) is 0 Å². The Morgan fingerprint density at radius 1 is 1.06 bits per heavy atom. The minimum Gasteiger partial charge on any atom is -0.364 e. The van der Waals surface area contributed by atoms with E-state index in [2.05, 4.69) is 15.6 Å². The number of carbonyl (C=O) groups is 1. The van der Waals surface area contributed by atoms with Gasteiger partial charge in [0.15, 0.2) is 5.82 Å². The zero-order chi connectivity index (χ0) is 22.1. The Labute approximate surface area is 182 Å². The van der Waals surface area contributed by atoms with Crippen LogP contribution in [0.1, 0.15) is 21.6 Å². The molecule has 1 amide bonds. The van der Waals surface area contributed by atoms with Crippen LogP contribution in [0.3, 0.4) is 0 Å². The topological polar surface area (TPSA) is 103 Å². The predicted octanol–water partition coefficient (Wildman–Crippen LogP) is 4.25. The van der Waals surface area contributed by atoms with Crippen LogP contribution in [0.4, 0.5) is 5.82 Å². The molecular weight excluding hydrogens is 408 g/mol. The predicted molar refractivity (Wildman–Crippen MR) is 118 cm³/mol. The van der Waals surface area contributed by atoms with Crippen LogP contribution in [-0.2, 0) is 6.54 Å². The molecule has 158 valence electrons. The van der Waals surface area contributed by atoms with Crippen molar-refractivity contribution in [1.29, 1.82) is 0 Å². The summed E-state index contributed by atoms with van der Waals surface area (Å²) in [5.41, 5.74) is 3.83. The largest absolute Gasteiger partial charge is 0.364 e. The van der Waals surface area contributed by atoms with E-state index in [1.807, 2.05) is 37.3 Å². The highest BCUT2D eigenvalue weighted by Crippen LogP contribution is 2.25. The summed E-state index contributed by atoms with van der Waals surface area (Å²) in [5.74, 6) is 0.0371. The maximum atomic E-state index is 13.1. The fourth-order valence-electron chi connectivity index (χ4n) is 3.62. The zero-order valence-electron chi connectivity index (χ0n) is 17.1. The van der Waals surface area contributed by atoms with Crippen LogP contribution >= 0.6 is 0 Å². The Balaban J connectivity index is 1.42. The number of pyridine rings is 1. The monoisotopic (exact) mass is 426 g/mol. The molecule has 1 N–H and O–H groups in total. The molecule has 0 fully saturated rings. The lowest BCUT2D eigenvalue weighted by Crippen LogP contribution is -2.20. The van der Waals surface area contributed by atoms with Crippen LogP contribution in [-0.4, -0.2) is 20.8 Å². The Morgan fingerprint density at radius 3 is 2.75 bits per heavy atom. The average molecular weight is 426 g/mol. The van der Waals surface area contributed by atoms with Gasteiger partial charge in [0.2, 0.25) is 0 Å². The van der Waals surface area contributed by atoms with Crippen molar-refractivity contribution in [3.05, 3.63) is 100 Å². The van der Waals surface area contributed by atoms with Gasteiger partial charge in [-0.05, 0) is 53.8 Å². The summed E-state index contributed by atoms with van der Waals surface area (Å²) in [7, 11) is 0. The normalized spacial score (nSPS) is 11.0. The van der Waals surface area contributed by atoms with E-state index in [-0.39, 0.29) is 11.5 Å². The molecule has 0 unspecified atom stereocenters. The number of anilines is 1. The molecule has 5 aromatic rings. The summed E-state index contributed by atoms with van der Waals surface area (Å²) in [6.07, 6.45) is 4.74. The van der Waals surface area contributed by atoms with Gasteiger partial charge in [-0.2, -0.15) is 0 Å². The van der Waals surface area contributed by atoms with Gasteiger partial charge >= 0.3 is 0 Å². The lowest BCUT2D eigenvalue weighted by atomic mass is 10.0. The molecule has 32 heavy (non-hydrogen) atoms. The smallest absolute Gasteiger partial charge is 0.258 e. The second-order valence-electron chi connectivity index (χ2n) is 7.40. The molecular formula is C24H18N4O4. The molecule has 0 saturated carbocycles. The van der Waals surface area contributed by atoms with Crippen LogP contribution in [0.5, 0.6) is 0 Å². The second kappa shape index (κ2) is 7.99. The second-order valence-corrected chi connectivity index (χ2v) is 7.40. The summed E-state index contributed by atoms with van der Waals surface area (Å²) in [4.78, 5) is 25.5. The minimum atomic E-state index is -0.303. The molecule has 5 rings (SSSR count). The highest BCUT2D eigenvalue weighted by molar-refractivity contribution is 6.03. The molecule has 0 atom stereocenters. The first kappa shape index (κ1) is 19.5. The van der Waals surface area contributed by atoms with Gasteiger partial charge in [0.05, 0.1) is 12.2 Å². The number of benzene rings is 2. The standard InChI is InChI=1S/C24H18N4O4/c1-15-21(14-32-26-15)17-5-6-20-18(12-17)7-9-28(24(20)30)13-16-3-2-4-19(11-16)23(29)25-22-8-10-31-27-22/h2-12,14H,13H2,1H3,(H,25,27,29). The van der Waals surface area contributed by atoms with E-state index in [0.717, 1.165) is 27.8 Å². The van der Waals surface area contributed by atoms with E-state index in [1.54, 1.807) is 41.3 Å². The van der Waals surface area contributed by atoms with Crippen LogP contribution in [0, 0.1) is 6.92 Å². The lowest BCUT2D eigenvalue weighted by molar-refractivity contribution is 0.102. The van der Waals surface area contributed by atoms with Crippen molar-refractivity contribution >= 4 is 22.5 Å². The molecule has 3 heterocycles. The van der Waals surface area contributed by atoms with Crippen LogP contribution < -0.4 is 10.9 Å². The van der Waals surface area contributed by atoms with Crippen molar-refractivity contribution in [3.8, 4) is 11.1 Å². The first-order valence-corrected chi connectivity index (χ1v) is 9.94. The summed E-state index contributed by atoms with van der Waals surface area (Å²) < 4.78 is 11.4. The van der Waals surface area contributed by atoms with E-state index < -0.39 is 0 Å². The van der Waals surface area contributed by atoms with Crippen LogP contribution in [0.15, 0.2) is 87.2 Å². The van der Waals surface area contributed by atoms with E-state index >= 15 is 0 Å².